The van der Waals surface area contributed by atoms with Crippen LogP contribution in [0.2, 0.25) is 5.02 Å². The van der Waals surface area contributed by atoms with Gasteiger partial charge in [-0.2, -0.15) is 0 Å². The lowest BCUT2D eigenvalue weighted by molar-refractivity contribution is -0.123. The van der Waals surface area contributed by atoms with Crippen molar-refractivity contribution in [3.05, 3.63) is 52.0 Å². The van der Waals surface area contributed by atoms with E-state index in [1.807, 2.05) is 32.0 Å². The van der Waals surface area contributed by atoms with Gasteiger partial charge in [0.25, 0.3) is 5.91 Å². The highest BCUT2D eigenvalue weighted by atomic mass is 35.5. The van der Waals surface area contributed by atoms with E-state index in [9.17, 15) is 9.59 Å². The molecule has 3 rings (SSSR count). The Morgan fingerprint density at radius 3 is 2.73 bits per heavy atom. The standard InChI is InChI=1S/C19H18ClNO5/c1-10-4-5-11(2)15(6-10)21-18(22)12(3)26-19(23)13-7-14(20)17-16(8-13)24-9-25-17/h4-8,12H,9H2,1-3H3,(H,21,22)/t12-/m1/s1. The molecule has 0 bridgehead atoms. The van der Waals surface area contributed by atoms with Gasteiger partial charge in [0.1, 0.15) is 0 Å². The molecule has 0 unspecified atom stereocenters. The summed E-state index contributed by atoms with van der Waals surface area (Å²) in [5.41, 5.74) is 2.81. The van der Waals surface area contributed by atoms with Crippen molar-refractivity contribution < 1.29 is 23.8 Å². The quantitative estimate of drug-likeness (QED) is 0.821. The molecule has 7 heteroatoms. The molecule has 2 aromatic rings. The molecule has 0 spiro atoms. The van der Waals surface area contributed by atoms with Gasteiger partial charge in [-0.3, -0.25) is 4.79 Å². The minimum Gasteiger partial charge on any atom is -0.454 e. The normalized spacial score (nSPS) is 13.2. The zero-order chi connectivity index (χ0) is 18.8. The summed E-state index contributed by atoms with van der Waals surface area (Å²) in [6, 6.07) is 8.63. The Bertz CT molecular complexity index is 880. The number of benzene rings is 2. The molecule has 1 aliphatic heterocycles. The van der Waals surface area contributed by atoms with Crippen LogP contribution < -0.4 is 14.8 Å². The molecule has 0 fully saturated rings. The van der Waals surface area contributed by atoms with E-state index in [-0.39, 0.29) is 17.4 Å². The third kappa shape index (κ3) is 3.75. The van der Waals surface area contributed by atoms with Gasteiger partial charge in [-0.1, -0.05) is 23.7 Å². The average molecular weight is 376 g/mol. The van der Waals surface area contributed by atoms with Crippen molar-refractivity contribution in [3.8, 4) is 11.5 Å². The first-order valence-corrected chi connectivity index (χ1v) is 8.41. The van der Waals surface area contributed by atoms with Gasteiger partial charge in [0.2, 0.25) is 6.79 Å². The number of nitrogens with one attached hydrogen (secondary N) is 1. The van der Waals surface area contributed by atoms with Gasteiger partial charge in [0, 0.05) is 5.69 Å². The molecule has 136 valence electrons. The third-order valence-corrected chi connectivity index (χ3v) is 4.25. The van der Waals surface area contributed by atoms with Crippen LogP contribution in [0.4, 0.5) is 5.69 Å². The molecule has 0 aliphatic carbocycles. The second-order valence-electron chi connectivity index (χ2n) is 6.05. The number of carbonyl (C=O) groups excluding carboxylic acids is 2. The van der Waals surface area contributed by atoms with Crippen LogP contribution in [0.1, 0.15) is 28.4 Å². The summed E-state index contributed by atoms with van der Waals surface area (Å²) in [7, 11) is 0. The minimum absolute atomic E-state index is 0.0439. The number of halogens is 1. The summed E-state index contributed by atoms with van der Waals surface area (Å²) in [5.74, 6) is -0.325. The number of hydrogen-bond acceptors (Lipinski definition) is 5. The Balaban J connectivity index is 1.68. The lowest BCUT2D eigenvalue weighted by atomic mass is 10.1. The van der Waals surface area contributed by atoms with Crippen LogP contribution in [0.15, 0.2) is 30.3 Å². The van der Waals surface area contributed by atoms with Crippen LogP contribution in [0.3, 0.4) is 0 Å². The molecular weight excluding hydrogens is 358 g/mol. The number of esters is 1. The molecule has 0 radical (unpaired) electrons. The van der Waals surface area contributed by atoms with E-state index in [4.69, 9.17) is 25.8 Å². The molecule has 1 heterocycles. The highest BCUT2D eigenvalue weighted by Gasteiger charge is 2.24. The number of rotatable bonds is 4. The molecule has 0 aromatic heterocycles. The molecule has 0 saturated heterocycles. The van der Waals surface area contributed by atoms with Crippen LogP contribution in [-0.4, -0.2) is 24.8 Å². The minimum atomic E-state index is -0.980. The summed E-state index contributed by atoms with van der Waals surface area (Å²) >= 11 is 6.07. The van der Waals surface area contributed by atoms with Gasteiger partial charge in [0.05, 0.1) is 10.6 Å². The topological polar surface area (TPSA) is 73.9 Å². The first-order chi connectivity index (χ1) is 12.3. The van der Waals surface area contributed by atoms with Crippen LogP contribution in [0, 0.1) is 13.8 Å². The summed E-state index contributed by atoms with van der Waals surface area (Å²) in [5, 5.41) is 3.02. The van der Waals surface area contributed by atoms with Gasteiger partial charge in [0.15, 0.2) is 17.6 Å². The average Bonchev–Trinajstić information content (AvgIpc) is 3.07. The summed E-state index contributed by atoms with van der Waals surface area (Å²) < 4.78 is 15.7. The Hall–Kier alpha value is -2.73. The van der Waals surface area contributed by atoms with E-state index >= 15 is 0 Å². The highest BCUT2D eigenvalue weighted by Crippen LogP contribution is 2.39. The van der Waals surface area contributed by atoms with Gasteiger partial charge < -0.3 is 19.5 Å². The van der Waals surface area contributed by atoms with E-state index in [0.29, 0.717) is 17.2 Å². The van der Waals surface area contributed by atoms with Crippen molar-refractivity contribution in [1.29, 1.82) is 0 Å². The van der Waals surface area contributed by atoms with Gasteiger partial charge in [-0.25, -0.2) is 4.79 Å². The molecule has 0 saturated carbocycles. The molecule has 2 aromatic carbocycles. The van der Waals surface area contributed by atoms with Gasteiger partial charge >= 0.3 is 5.97 Å². The first kappa shape index (κ1) is 18.1. The van der Waals surface area contributed by atoms with E-state index in [2.05, 4.69) is 5.32 Å². The lowest BCUT2D eigenvalue weighted by Gasteiger charge is -2.15. The number of aryl methyl sites for hydroxylation is 2. The lowest BCUT2D eigenvalue weighted by Crippen LogP contribution is -2.30. The van der Waals surface area contributed by atoms with Gasteiger partial charge in [-0.05, 0) is 50.1 Å². The van der Waals surface area contributed by atoms with Crippen LogP contribution in [-0.2, 0) is 9.53 Å². The highest BCUT2D eigenvalue weighted by molar-refractivity contribution is 6.32. The van der Waals surface area contributed by atoms with Crippen LogP contribution in [0.5, 0.6) is 11.5 Å². The number of fused-ring (bicyclic) bond motifs is 1. The Labute approximate surface area is 156 Å². The van der Waals surface area contributed by atoms with Crippen LogP contribution in [0.25, 0.3) is 0 Å². The Morgan fingerprint density at radius 2 is 1.96 bits per heavy atom. The van der Waals surface area contributed by atoms with Gasteiger partial charge in [-0.15, -0.1) is 0 Å². The summed E-state index contributed by atoms with van der Waals surface area (Å²) in [6.07, 6.45) is -0.980. The van der Waals surface area contributed by atoms with Crippen LogP contribution >= 0.6 is 11.6 Å². The van der Waals surface area contributed by atoms with E-state index in [0.717, 1.165) is 11.1 Å². The monoisotopic (exact) mass is 375 g/mol. The number of amides is 1. The summed E-state index contributed by atoms with van der Waals surface area (Å²) in [4.78, 5) is 24.7. The fourth-order valence-electron chi connectivity index (χ4n) is 2.47. The van der Waals surface area contributed by atoms with E-state index in [1.165, 1.54) is 19.1 Å². The predicted molar refractivity (Wildman–Crippen MR) is 97.0 cm³/mol. The number of anilines is 1. The largest absolute Gasteiger partial charge is 0.454 e. The van der Waals surface area contributed by atoms with Crippen molar-refractivity contribution in [2.24, 2.45) is 0 Å². The molecule has 1 amide bonds. The maximum Gasteiger partial charge on any atom is 0.339 e. The number of hydrogen-bond donors (Lipinski definition) is 1. The van der Waals surface area contributed by atoms with Crippen molar-refractivity contribution in [2.75, 3.05) is 12.1 Å². The van der Waals surface area contributed by atoms with Crippen molar-refractivity contribution in [1.82, 2.24) is 0 Å². The molecule has 1 N–H and O–H groups in total. The second kappa shape index (κ2) is 7.25. The SMILES string of the molecule is Cc1ccc(C)c(NC(=O)[C@@H](C)OC(=O)c2cc(Cl)c3c(c2)OCO3)c1. The zero-order valence-corrected chi connectivity index (χ0v) is 15.3. The van der Waals surface area contributed by atoms with Crippen molar-refractivity contribution in [2.45, 2.75) is 26.9 Å². The number of carbonyl (C=O) groups is 2. The van der Waals surface area contributed by atoms with E-state index in [1.54, 1.807) is 0 Å². The molecule has 6 nitrogen and oxygen atoms in total. The molecule has 26 heavy (non-hydrogen) atoms. The zero-order valence-electron chi connectivity index (χ0n) is 14.6. The predicted octanol–water partition coefficient (Wildman–Crippen LogP) is 3.87. The Morgan fingerprint density at radius 1 is 1.19 bits per heavy atom. The first-order valence-electron chi connectivity index (χ1n) is 8.03. The van der Waals surface area contributed by atoms with E-state index < -0.39 is 18.0 Å². The third-order valence-electron chi connectivity index (χ3n) is 3.97. The maximum absolute atomic E-state index is 12.3. The molecule has 1 aliphatic rings. The summed E-state index contributed by atoms with van der Waals surface area (Å²) in [6.45, 7) is 5.37. The molecule has 1 atom stereocenters. The maximum atomic E-state index is 12.3. The fraction of sp³-hybridized carbons (Fsp3) is 0.263. The van der Waals surface area contributed by atoms with Crippen molar-refractivity contribution in [3.63, 3.8) is 0 Å². The smallest absolute Gasteiger partial charge is 0.339 e. The fourth-order valence-corrected chi connectivity index (χ4v) is 2.74. The number of ether oxygens (including phenoxy) is 3. The molecular formula is C19H18ClNO5. The van der Waals surface area contributed by atoms with Crippen molar-refractivity contribution >= 4 is 29.2 Å². The Kier molecular flexibility index (Phi) is 5.04. The second-order valence-corrected chi connectivity index (χ2v) is 6.45.